The first-order valence-corrected chi connectivity index (χ1v) is 6.90. The molecule has 1 aliphatic rings. The molecule has 1 fully saturated rings. The Morgan fingerprint density at radius 1 is 1.33 bits per heavy atom. The van der Waals surface area contributed by atoms with Crippen molar-refractivity contribution < 1.29 is 14.6 Å². The first-order valence-electron chi connectivity index (χ1n) is 6.90. The average molecular weight is 284 g/mol. The van der Waals surface area contributed by atoms with Crippen LogP contribution in [-0.4, -0.2) is 35.3 Å². The van der Waals surface area contributed by atoms with E-state index >= 15 is 0 Å². The van der Waals surface area contributed by atoms with Crippen LogP contribution in [0.5, 0.6) is 5.88 Å². The number of ether oxygens (including phenoxy) is 1. The smallest absolute Gasteiger partial charge is 0.335 e. The molecule has 1 aromatic heterocycles. The number of carboxylic acid groups (broad SMARTS) is 1. The van der Waals surface area contributed by atoms with Gasteiger partial charge < -0.3 is 15.2 Å². The van der Waals surface area contributed by atoms with E-state index < -0.39 is 5.97 Å². The SMILES string of the molecule is O=C(O)c1cccc(-c2cccnc2OC2CCNC2)c1. The number of hydrogen-bond donors (Lipinski definition) is 2. The third kappa shape index (κ3) is 3.03. The number of aromatic carboxylic acids is 1. The summed E-state index contributed by atoms with van der Waals surface area (Å²) in [6, 6.07) is 10.5. The lowest BCUT2D eigenvalue weighted by molar-refractivity contribution is 0.0697. The minimum atomic E-state index is -0.941. The molecule has 1 saturated heterocycles. The highest BCUT2D eigenvalue weighted by Gasteiger charge is 2.19. The maximum absolute atomic E-state index is 11.1. The molecule has 1 aromatic carbocycles. The minimum Gasteiger partial charge on any atom is -0.478 e. The molecule has 1 atom stereocenters. The number of nitrogens with zero attached hydrogens (tertiary/aromatic N) is 1. The van der Waals surface area contributed by atoms with Gasteiger partial charge in [-0.05, 0) is 42.8 Å². The Morgan fingerprint density at radius 2 is 2.24 bits per heavy atom. The first kappa shape index (κ1) is 13.6. The minimum absolute atomic E-state index is 0.112. The zero-order valence-corrected chi connectivity index (χ0v) is 11.5. The van der Waals surface area contributed by atoms with Crippen LogP contribution in [0, 0.1) is 0 Å². The summed E-state index contributed by atoms with van der Waals surface area (Å²) in [4.78, 5) is 15.4. The zero-order chi connectivity index (χ0) is 14.7. The van der Waals surface area contributed by atoms with Crippen molar-refractivity contribution in [3.8, 4) is 17.0 Å². The summed E-state index contributed by atoms with van der Waals surface area (Å²) in [5.74, 6) is -0.392. The summed E-state index contributed by atoms with van der Waals surface area (Å²) in [6.45, 7) is 1.76. The zero-order valence-electron chi connectivity index (χ0n) is 11.5. The van der Waals surface area contributed by atoms with Crippen LogP contribution in [0.15, 0.2) is 42.6 Å². The molecule has 1 aliphatic heterocycles. The van der Waals surface area contributed by atoms with Crippen molar-refractivity contribution in [2.75, 3.05) is 13.1 Å². The monoisotopic (exact) mass is 284 g/mol. The fourth-order valence-electron chi connectivity index (χ4n) is 2.41. The summed E-state index contributed by atoms with van der Waals surface area (Å²) < 4.78 is 5.94. The molecule has 108 valence electrons. The lowest BCUT2D eigenvalue weighted by atomic mass is 10.0. The Labute approximate surface area is 122 Å². The van der Waals surface area contributed by atoms with Crippen LogP contribution in [-0.2, 0) is 0 Å². The van der Waals surface area contributed by atoms with E-state index in [0.29, 0.717) is 5.88 Å². The van der Waals surface area contributed by atoms with Crippen LogP contribution >= 0.6 is 0 Å². The van der Waals surface area contributed by atoms with Crippen LogP contribution in [0.1, 0.15) is 16.8 Å². The van der Waals surface area contributed by atoms with Gasteiger partial charge in [0.25, 0.3) is 0 Å². The summed E-state index contributed by atoms with van der Waals surface area (Å²) >= 11 is 0. The van der Waals surface area contributed by atoms with E-state index in [1.807, 2.05) is 18.2 Å². The first-order chi connectivity index (χ1) is 10.2. The van der Waals surface area contributed by atoms with Crippen LogP contribution in [0.25, 0.3) is 11.1 Å². The molecule has 0 spiro atoms. The molecule has 5 nitrogen and oxygen atoms in total. The second kappa shape index (κ2) is 5.93. The van der Waals surface area contributed by atoms with E-state index in [0.717, 1.165) is 30.6 Å². The van der Waals surface area contributed by atoms with E-state index in [1.54, 1.807) is 24.4 Å². The van der Waals surface area contributed by atoms with Crippen molar-refractivity contribution in [2.24, 2.45) is 0 Å². The Balaban J connectivity index is 1.94. The normalized spacial score (nSPS) is 17.6. The molecule has 2 N–H and O–H groups in total. The molecule has 1 unspecified atom stereocenters. The summed E-state index contributed by atoms with van der Waals surface area (Å²) in [5.41, 5.74) is 1.86. The van der Waals surface area contributed by atoms with Gasteiger partial charge in [0.05, 0.1) is 5.56 Å². The van der Waals surface area contributed by atoms with Crippen molar-refractivity contribution in [3.63, 3.8) is 0 Å². The van der Waals surface area contributed by atoms with Crippen molar-refractivity contribution in [3.05, 3.63) is 48.2 Å². The molecular formula is C16H16N2O3. The topological polar surface area (TPSA) is 71.5 Å². The van der Waals surface area contributed by atoms with Crippen LogP contribution < -0.4 is 10.1 Å². The number of benzene rings is 1. The number of carboxylic acids is 1. The van der Waals surface area contributed by atoms with Gasteiger partial charge in [0.1, 0.15) is 6.10 Å². The van der Waals surface area contributed by atoms with Crippen molar-refractivity contribution in [2.45, 2.75) is 12.5 Å². The van der Waals surface area contributed by atoms with Crippen molar-refractivity contribution in [1.29, 1.82) is 0 Å². The van der Waals surface area contributed by atoms with Gasteiger partial charge in [-0.1, -0.05) is 12.1 Å². The summed E-state index contributed by atoms with van der Waals surface area (Å²) in [5, 5.41) is 12.3. The van der Waals surface area contributed by atoms with E-state index in [4.69, 9.17) is 9.84 Å². The fraction of sp³-hybridized carbons (Fsp3) is 0.250. The number of aromatic nitrogens is 1. The van der Waals surface area contributed by atoms with Gasteiger partial charge in [-0.25, -0.2) is 9.78 Å². The molecule has 2 aromatic rings. The number of pyridine rings is 1. The maximum atomic E-state index is 11.1. The van der Waals surface area contributed by atoms with Crippen LogP contribution in [0.3, 0.4) is 0 Å². The highest BCUT2D eigenvalue weighted by atomic mass is 16.5. The second-order valence-corrected chi connectivity index (χ2v) is 4.97. The number of rotatable bonds is 4. The predicted octanol–water partition coefficient (Wildman–Crippen LogP) is 2.19. The molecule has 0 radical (unpaired) electrons. The van der Waals surface area contributed by atoms with E-state index in [9.17, 15) is 4.79 Å². The van der Waals surface area contributed by atoms with Crippen LogP contribution in [0.4, 0.5) is 0 Å². The lowest BCUT2D eigenvalue weighted by Crippen LogP contribution is -2.20. The molecule has 0 aliphatic carbocycles. The molecule has 0 saturated carbocycles. The van der Waals surface area contributed by atoms with E-state index in [-0.39, 0.29) is 11.7 Å². The van der Waals surface area contributed by atoms with Crippen molar-refractivity contribution in [1.82, 2.24) is 10.3 Å². The van der Waals surface area contributed by atoms with E-state index in [1.165, 1.54) is 0 Å². The van der Waals surface area contributed by atoms with Crippen molar-refractivity contribution >= 4 is 5.97 Å². The summed E-state index contributed by atoms with van der Waals surface area (Å²) in [7, 11) is 0. The van der Waals surface area contributed by atoms with Gasteiger partial charge in [0.2, 0.25) is 5.88 Å². The Kier molecular flexibility index (Phi) is 3.83. The second-order valence-electron chi connectivity index (χ2n) is 4.97. The third-order valence-corrected chi connectivity index (χ3v) is 3.49. The van der Waals surface area contributed by atoms with Gasteiger partial charge in [-0.3, -0.25) is 0 Å². The Hall–Kier alpha value is -2.40. The quantitative estimate of drug-likeness (QED) is 0.900. The van der Waals surface area contributed by atoms with Crippen LogP contribution in [0.2, 0.25) is 0 Å². The molecule has 2 heterocycles. The number of nitrogens with one attached hydrogen (secondary N) is 1. The average Bonchev–Trinajstić information content (AvgIpc) is 3.01. The molecule has 0 bridgehead atoms. The highest BCUT2D eigenvalue weighted by Crippen LogP contribution is 2.29. The van der Waals surface area contributed by atoms with Gasteiger partial charge in [0.15, 0.2) is 0 Å². The highest BCUT2D eigenvalue weighted by molar-refractivity contribution is 5.89. The Bertz CT molecular complexity index is 651. The molecule has 5 heteroatoms. The van der Waals surface area contributed by atoms with Gasteiger partial charge in [0, 0.05) is 18.3 Å². The molecule has 21 heavy (non-hydrogen) atoms. The molecular weight excluding hydrogens is 268 g/mol. The molecule has 3 rings (SSSR count). The lowest BCUT2D eigenvalue weighted by Gasteiger charge is -2.15. The van der Waals surface area contributed by atoms with E-state index in [2.05, 4.69) is 10.3 Å². The van der Waals surface area contributed by atoms with Gasteiger partial charge >= 0.3 is 5.97 Å². The molecule has 0 amide bonds. The maximum Gasteiger partial charge on any atom is 0.335 e. The predicted molar refractivity (Wildman–Crippen MR) is 78.5 cm³/mol. The largest absolute Gasteiger partial charge is 0.478 e. The standard InChI is InChI=1S/C16H16N2O3/c19-16(20)12-4-1-3-11(9-12)14-5-2-7-18-15(14)21-13-6-8-17-10-13/h1-5,7,9,13,17H,6,8,10H2,(H,19,20). The van der Waals surface area contributed by atoms with Gasteiger partial charge in [-0.15, -0.1) is 0 Å². The van der Waals surface area contributed by atoms with Gasteiger partial charge in [-0.2, -0.15) is 0 Å². The number of hydrogen-bond acceptors (Lipinski definition) is 4. The summed E-state index contributed by atoms with van der Waals surface area (Å²) in [6.07, 6.45) is 2.74. The third-order valence-electron chi connectivity index (χ3n) is 3.49. The Morgan fingerprint density at radius 3 is 3.00 bits per heavy atom. The fourth-order valence-corrected chi connectivity index (χ4v) is 2.41. The number of carbonyl (C=O) groups is 1.